The number of aryl methyl sites for hydroxylation is 1. The number of carbonyl (C=O) groups excluding carboxylic acids is 1. The summed E-state index contributed by atoms with van der Waals surface area (Å²) in [7, 11) is 0. The Hall–Kier alpha value is -2.10. The van der Waals surface area contributed by atoms with E-state index in [2.05, 4.69) is 12.0 Å². The topological polar surface area (TPSA) is 44.1 Å². The first-order chi connectivity index (χ1) is 9.29. The number of benzene rings is 1. The summed E-state index contributed by atoms with van der Waals surface area (Å²) in [6.45, 7) is 3.32. The lowest BCUT2D eigenvalue weighted by atomic mass is 10.1. The molecule has 0 unspecified atom stereocenters. The maximum Gasteiger partial charge on any atom is 0.164 e. The van der Waals surface area contributed by atoms with E-state index in [4.69, 9.17) is 4.74 Å². The van der Waals surface area contributed by atoms with Crippen molar-refractivity contribution in [3.05, 3.63) is 48.3 Å². The van der Waals surface area contributed by atoms with Crippen LogP contribution in [0.3, 0.4) is 0 Å². The van der Waals surface area contributed by atoms with Crippen molar-refractivity contribution in [1.29, 1.82) is 0 Å². The van der Waals surface area contributed by atoms with Crippen LogP contribution in [0, 0.1) is 0 Å². The molecule has 0 aliphatic carbocycles. The van der Waals surface area contributed by atoms with Crippen LogP contribution in [0.15, 0.2) is 42.7 Å². The average Bonchev–Trinajstić information content (AvgIpc) is 2.91. The highest BCUT2D eigenvalue weighted by atomic mass is 16.5. The number of ketones is 1. The van der Waals surface area contributed by atoms with Crippen molar-refractivity contribution in [1.82, 2.24) is 9.78 Å². The highest BCUT2D eigenvalue weighted by Crippen LogP contribution is 2.10. The van der Waals surface area contributed by atoms with Gasteiger partial charge in [0.1, 0.15) is 0 Å². The molecule has 0 fully saturated rings. The fourth-order valence-corrected chi connectivity index (χ4v) is 1.75. The van der Waals surface area contributed by atoms with E-state index in [9.17, 15) is 4.79 Å². The lowest BCUT2D eigenvalue weighted by molar-refractivity contribution is 0.0975. The van der Waals surface area contributed by atoms with Gasteiger partial charge < -0.3 is 4.74 Å². The van der Waals surface area contributed by atoms with Gasteiger partial charge in [0.25, 0.3) is 0 Å². The number of rotatable bonds is 7. The van der Waals surface area contributed by atoms with Crippen molar-refractivity contribution in [2.75, 3.05) is 6.61 Å². The predicted octanol–water partition coefficient (Wildman–Crippen LogP) is 2.94. The van der Waals surface area contributed by atoms with Gasteiger partial charge in [-0.15, -0.1) is 0 Å². The van der Waals surface area contributed by atoms with Crippen LogP contribution in [0.4, 0.5) is 0 Å². The average molecular weight is 258 g/mol. The van der Waals surface area contributed by atoms with Gasteiger partial charge in [-0.05, 0) is 6.42 Å². The fourth-order valence-electron chi connectivity index (χ4n) is 1.75. The Balaban J connectivity index is 1.85. The first kappa shape index (κ1) is 13.3. The molecule has 1 aromatic heterocycles. The standard InChI is InChI=1S/C15H18N2O2/c1-2-10-19-14-11-16-17(12-14)9-8-15(18)13-6-4-3-5-7-13/h3-7,11-12H,2,8-10H2,1H3. The molecule has 19 heavy (non-hydrogen) atoms. The van der Waals surface area contributed by atoms with E-state index in [-0.39, 0.29) is 5.78 Å². The minimum Gasteiger partial charge on any atom is -0.490 e. The third-order valence-corrected chi connectivity index (χ3v) is 2.75. The molecule has 0 spiro atoms. The Labute approximate surface area is 113 Å². The van der Waals surface area contributed by atoms with Crippen LogP contribution in [0.1, 0.15) is 30.1 Å². The van der Waals surface area contributed by atoms with Gasteiger partial charge in [-0.3, -0.25) is 9.48 Å². The van der Waals surface area contributed by atoms with Gasteiger partial charge in [-0.25, -0.2) is 0 Å². The van der Waals surface area contributed by atoms with Crippen LogP contribution in [0.5, 0.6) is 5.75 Å². The van der Waals surface area contributed by atoms with Crippen molar-refractivity contribution >= 4 is 5.78 Å². The molecule has 0 amide bonds. The second-order valence-corrected chi connectivity index (χ2v) is 4.33. The first-order valence-electron chi connectivity index (χ1n) is 6.53. The van der Waals surface area contributed by atoms with E-state index in [1.54, 1.807) is 10.9 Å². The molecule has 0 saturated heterocycles. The maximum absolute atomic E-state index is 11.9. The summed E-state index contributed by atoms with van der Waals surface area (Å²) in [6.07, 6.45) is 4.92. The summed E-state index contributed by atoms with van der Waals surface area (Å²) in [6, 6.07) is 9.32. The Morgan fingerprint density at radius 1 is 1.32 bits per heavy atom. The second kappa shape index (κ2) is 6.73. The zero-order valence-corrected chi connectivity index (χ0v) is 11.1. The smallest absolute Gasteiger partial charge is 0.164 e. The molecule has 0 saturated carbocycles. The van der Waals surface area contributed by atoms with Crippen LogP contribution >= 0.6 is 0 Å². The Morgan fingerprint density at radius 2 is 2.11 bits per heavy atom. The van der Waals surface area contributed by atoms with E-state index in [1.165, 1.54) is 0 Å². The molecule has 4 heteroatoms. The normalized spacial score (nSPS) is 10.4. The van der Waals surface area contributed by atoms with Crippen molar-refractivity contribution in [2.45, 2.75) is 26.3 Å². The van der Waals surface area contributed by atoms with Crippen molar-refractivity contribution in [2.24, 2.45) is 0 Å². The van der Waals surface area contributed by atoms with Gasteiger partial charge in [0.2, 0.25) is 0 Å². The van der Waals surface area contributed by atoms with Crippen LogP contribution in [0.25, 0.3) is 0 Å². The molecule has 100 valence electrons. The van der Waals surface area contributed by atoms with Gasteiger partial charge in [-0.1, -0.05) is 37.3 Å². The van der Waals surface area contributed by atoms with E-state index in [0.717, 1.165) is 17.7 Å². The molecule has 0 atom stereocenters. The number of ether oxygens (including phenoxy) is 1. The second-order valence-electron chi connectivity index (χ2n) is 4.33. The van der Waals surface area contributed by atoms with E-state index >= 15 is 0 Å². The van der Waals surface area contributed by atoms with Gasteiger partial charge in [0.05, 0.1) is 19.0 Å². The molecule has 0 bridgehead atoms. The Kier molecular flexibility index (Phi) is 4.72. The number of hydrogen-bond donors (Lipinski definition) is 0. The number of hydrogen-bond acceptors (Lipinski definition) is 3. The van der Waals surface area contributed by atoms with E-state index in [0.29, 0.717) is 19.6 Å². The molecule has 2 rings (SSSR count). The number of nitrogens with zero attached hydrogens (tertiary/aromatic N) is 2. The quantitative estimate of drug-likeness (QED) is 0.717. The molecule has 1 heterocycles. The lowest BCUT2D eigenvalue weighted by Gasteiger charge is -2.02. The summed E-state index contributed by atoms with van der Waals surface area (Å²) in [5, 5.41) is 4.17. The van der Waals surface area contributed by atoms with Gasteiger partial charge >= 0.3 is 0 Å². The Morgan fingerprint density at radius 3 is 2.84 bits per heavy atom. The molecular weight excluding hydrogens is 240 g/mol. The van der Waals surface area contributed by atoms with E-state index in [1.807, 2.05) is 36.5 Å². The third kappa shape index (κ3) is 3.95. The molecule has 0 radical (unpaired) electrons. The highest BCUT2D eigenvalue weighted by Gasteiger charge is 2.06. The monoisotopic (exact) mass is 258 g/mol. The molecule has 1 aromatic carbocycles. The zero-order valence-electron chi connectivity index (χ0n) is 11.1. The van der Waals surface area contributed by atoms with Gasteiger partial charge in [0.15, 0.2) is 11.5 Å². The predicted molar refractivity (Wildman–Crippen MR) is 73.4 cm³/mol. The minimum atomic E-state index is 0.132. The summed E-state index contributed by atoms with van der Waals surface area (Å²) in [4.78, 5) is 11.9. The van der Waals surface area contributed by atoms with Crippen molar-refractivity contribution < 1.29 is 9.53 Å². The summed E-state index contributed by atoms with van der Waals surface area (Å²) in [5.41, 5.74) is 0.747. The van der Waals surface area contributed by atoms with E-state index < -0.39 is 0 Å². The summed E-state index contributed by atoms with van der Waals surface area (Å²) < 4.78 is 7.20. The maximum atomic E-state index is 11.9. The van der Waals surface area contributed by atoms with Gasteiger partial charge in [-0.2, -0.15) is 5.10 Å². The first-order valence-corrected chi connectivity index (χ1v) is 6.53. The molecule has 2 aromatic rings. The molecule has 0 aliphatic rings. The van der Waals surface area contributed by atoms with Crippen molar-refractivity contribution in [3.8, 4) is 5.75 Å². The van der Waals surface area contributed by atoms with Crippen LogP contribution in [-0.4, -0.2) is 22.2 Å². The number of Topliss-reactive ketones (excluding diaryl/α,β-unsaturated/α-hetero) is 1. The lowest BCUT2D eigenvalue weighted by Crippen LogP contribution is -2.06. The molecule has 4 nitrogen and oxygen atoms in total. The third-order valence-electron chi connectivity index (χ3n) is 2.75. The van der Waals surface area contributed by atoms with Crippen molar-refractivity contribution in [3.63, 3.8) is 0 Å². The highest BCUT2D eigenvalue weighted by molar-refractivity contribution is 5.95. The summed E-state index contributed by atoms with van der Waals surface area (Å²) in [5.74, 6) is 0.890. The Bertz CT molecular complexity index is 520. The number of carbonyl (C=O) groups is 1. The molecule has 0 aliphatic heterocycles. The SMILES string of the molecule is CCCOc1cnn(CCC(=O)c2ccccc2)c1. The molecular formula is C15H18N2O2. The largest absolute Gasteiger partial charge is 0.490 e. The summed E-state index contributed by atoms with van der Waals surface area (Å²) >= 11 is 0. The van der Waals surface area contributed by atoms with Crippen LogP contribution < -0.4 is 4.74 Å². The van der Waals surface area contributed by atoms with Gasteiger partial charge in [0, 0.05) is 18.5 Å². The zero-order chi connectivity index (χ0) is 13.5. The minimum absolute atomic E-state index is 0.132. The molecule has 0 N–H and O–H groups in total. The fraction of sp³-hybridized carbons (Fsp3) is 0.333. The number of aromatic nitrogens is 2. The van der Waals surface area contributed by atoms with Crippen LogP contribution in [0.2, 0.25) is 0 Å². The van der Waals surface area contributed by atoms with Crippen LogP contribution in [-0.2, 0) is 6.54 Å².